The zero-order valence-corrected chi connectivity index (χ0v) is 22.2. The molecule has 0 aliphatic heterocycles. The van der Waals surface area contributed by atoms with E-state index in [0.29, 0.717) is 24.7 Å². The summed E-state index contributed by atoms with van der Waals surface area (Å²) < 4.78 is 51.3. The third-order valence-electron chi connectivity index (χ3n) is 9.84. The standard InChI is InChI=1S/C32H46F4/c1-2-3-4-5-23-6-8-24(9-7-23)25-10-12-26(13-11-25)27-14-16-28(17-15-27)29-18-20-30(21-19-29)31(33)22-32(34,35)36/h14-17,22-26,29-30H,2-13,18-21H2,1H3/b31-22-. The van der Waals surface area contributed by atoms with E-state index in [4.69, 9.17) is 0 Å². The van der Waals surface area contributed by atoms with Crippen LogP contribution < -0.4 is 0 Å². The van der Waals surface area contributed by atoms with Crippen LogP contribution in [0.15, 0.2) is 36.2 Å². The van der Waals surface area contributed by atoms with Crippen molar-refractivity contribution in [3.05, 3.63) is 47.3 Å². The monoisotopic (exact) mass is 506 g/mol. The number of rotatable bonds is 8. The Hall–Kier alpha value is -1.32. The molecule has 0 saturated heterocycles. The first-order chi connectivity index (χ1) is 17.3. The summed E-state index contributed by atoms with van der Waals surface area (Å²) in [5, 5.41) is 0. The molecule has 0 aromatic heterocycles. The third-order valence-corrected chi connectivity index (χ3v) is 9.84. The first-order valence-electron chi connectivity index (χ1n) is 14.9. The summed E-state index contributed by atoms with van der Waals surface area (Å²) in [7, 11) is 0. The molecule has 1 aromatic rings. The molecule has 3 aliphatic rings. The first-order valence-corrected chi connectivity index (χ1v) is 14.9. The van der Waals surface area contributed by atoms with E-state index < -0.39 is 17.9 Å². The van der Waals surface area contributed by atoms with E-state index in [1.54, 1.807) is 0 Å². The predicted octanol–water partition coefficient (Wildman–Crippen LogP) is 11.0. The van der Waals surface area contributed by atoms with Gasteiger partial charge >= 0.3 is 6.18 Å². The number of hydrogen-bond donors (Lipinski definition) is 0. The van der Waals surface area contributed by atoms with Crippen molar-refractivity contribution in [2.75, 3.05) is 0 Å². The van der Waals surface area contributed by atoms with Crippen molar-refractivity contribution in [2.24, 2.45) is 23.7 Å². The maximum absolute atomic E-state index is 13.9. The summed E-state index contributed by atoms with van der Waals surface area (Å²) in [6, 6.07) is 9.04. The maximum atomic E-state index is 13.9. The molecule has 3 fully saturated rings. The van der Waals surface area contributed by atoms with Crippen LogP contribution in [0.2, 0.25) is 0 Å². The molecule has 4 heteroatoms. The third kappa shape index (κ3) is 7.84. The van der Waals surface area contributed by atoms with Crippen molar-refractivity contribution in [3.63, 3.8) is 0 Å². The van der Waals surface area contributed by atoms with Gasteiger partial charge in [0.2, 0.25) is 0 Å². The molecule has 3 aliphatic carbocycles. The average Bonchev–Trinajstić information content (AvgIpc) is 2.89. The largest absolute Gasteiger partial charge is 0.412 e. The molecule has 0 amide bonds. The SMILES string of the molecule is CCCCCC1CCC(C2CCC(c3ccc(C4CCC(/C(F)=C/C(F)(F)F)CC4)cc3)CC2)CC1. The Labute approximate surface area is 216 Å². The van der Waals surface area contributed by atoms with E-state index in [1.165, 1.54) is 88.2 Å². The van der Waals surface area contributed by atoms with Crippen LogP contribution in [-0.2, 0) is 0 Å². The Morgan fingerprint density at radius 1 is 0.722 bits per heavy atom. The van der Waals surface area contributed by atoms with Crippen LogP contribution in [0.4, 0.5) is 17.6 Å². The maximum Gasteiger partial charge on any atom is 0.412 e. The van der Waals surface area contributed by atoms with Crippen LogP contribution in [0, 0.1) is 23.7 Å². The molecule has 4 rings (SSSR count). The fraction of sp³-hybridized carbons (Fsp3) is 0.750. The van der Waals surface area contributed by atoms with Gasteiger partial charge in [0.1, 0.15) is 5.83 Å². The lowest BCUT2D eigenvalue weighted by Crippen LogP contribution is -2.25. The summed E-state index contributed by atoms with van der Waals surface area (Å²) in [6.07, 6.45) is 14.6. The molecule has 0 nitrogen and oxygen atoms in total. The minimum atomic E-state index is -4.57. The lowest BCUT2D eigenvalue weighted by molar-refractivity contribution is -0.0820. The van der Waals surface area contributed by atoms with Crippen molar-refractivity contribution in [1.29, 1.82) is 0 Å². The highest BCUT2D eigenvalue weighted by molar-refractivity contribution is 5.28. The summed E-state index contributed by atoms with van der Waals surface area (Å²) in [6.45, 7) is 2.29. The minimum Gasteiger partial charge on any atom is -0.212 e. The molecular formula is C32H46F4. The second kappa shape index (κ2) is 13.0. The smallest absolute Gasteiger partial charge is 0.212 e. The number of hydrogen-bond acceptors (Lipinski definition) is 0. The fourth-order valence-corrected chi connectivity index (χ4v) is 7.57. The molecule has 0 atom stereocenters. The molecule has 3 saturated carbocycles. The van der Waals surface area contributed by atoms with Crippen molar-refractivity contribution in [3.8, 4) is 0 Å². The van der Waals surface area contributed by atoms with Crippen LogP contribution in [0.5, 0.6) is 0 Å². The number of benzene rings is 1. The van der Waals surface area contributed by atoms with Gasteiger partial charge in [0, 0.05) is 5.92 Å². The Morgan fingerprint density at radius 3 is 1.67 bits per heavy atom. The molecule has 0 radical (unpaired) electrons. The Bertz CT molecular complexity index is 800. The highest BCUT2D eigenvalue weighted by Crippen LogP contribution is 2.45. The Balaban J connectivity index is 1.20. The molecule has 1 aromatic carbocycles. The van der Waals surface area contributed by atoms with Gasteiger partial charge in [0.25, 0.3) is 0 Å². The fourth-order valence-electron chi connectivity index (χ4n) is 7.57. The lowest BCUT2D eigenvalue weighted by Gasteiger charge is -2.38. The summed E-state index contributed by atoms with van der Waals surface area (Å²) in [4.78, 5) is 0. The number of halogens is 4. The number of alkyl halides is 3. The topological polar surface area (TPSA) is 0 Å². The Kier molecular flexibility index (Phi) is 9.98. The van der Waals surface area contributed by atoms with E-state index in [2.05, 4.69) is 31.2 Å². The zero-order chi connectivity index (χ0) is 25.5. The Morgan fingerprint density at radius 2 is 1.19 bits per heavy atom. The van der Waals surface area contributed by atoms with Gasteiger partial charge in [-0.1, -0.05) is 69.7 Å². The lowest BCUT2D eigenvalue weighted by atomic mass is 9.68. The first kappa shape index (κ1) is 27.7. The van der Waals surface area contributed by atoms with E-state index in [0.717, 1.165) is 30.6 Å². The normalized spacial score (nSPS) is 32.4. The van der Waals surface area contributed by atoms with E-state index >= 15 is 0 Å². The minimum absolute atomic E-state index is 0.152. The van der Waals surface area contributed by atoms with Gasteiger partial charge < -0.3 is 0 Å². The summed E-state index contributed by atoms with van der Waals surface area (Å²) >= 11 is 0. The molecule has 0 bridgehead atoms. The van der Waals surface area contributed by atoms with E-state index in [-0.39, 0.29) is 6.08 Å². The molecule has 36 heavy (non-hydrogen) atoms. The van der Waals surface area contributed by atoms with Gasteiger partial charge in [-0.05, 0) is 105 Å². The van der Waals surface area contributed by atoms with E-state index in [1.807, 2.05) is 0 Å². The van der Waals surface area contributed by atoms with Gasteiger partial charge in [-0.3, -0.25) is 0 Å². The van der Waals surface area contributed by atoms with Gasteiger partial charge in [0.05, 0.1) is 6.08 Å². The van der Waals surface area contributed by atoms with Crippen molar-refractivity contribution >= 4 is 0 Å². The second-order valence-corrected chi connectivity index (χ2v) is 12.2. The quantitative estimate of drug-likeness (QED) is 0.243. The van der Waals surface area contributed by atoms with Crippen molar-refractivity contribution in [2.45, 2.75) is 128 Å². The number of unbranched alkanes of at least 4 members (excludes halogenated alkanes) is 2. The summed E-state index contributed by atoms with van der Waals surface area (Å²) in [5.41, 5.74) is 2.71. The van der Waals surface area contributed by atoms with Crippen molar-refractivity contribution in [1.82, 2.24) is 0 Å². The average molecular weight is 507 g/mol. The molecule has 202 valence electrons. The molecule has 0 N–H and O–H groups in total. The molecule has 0 heterocycles. The van der Waals surface area contributed by atoms with E-state index in [9.17, 15) is 17.6 Å². The van der Waals surface area contributed by atoms with Crippen molar-refractivity contribution < 1.29 is 17.6 Å². The van der Waals surface area contributed by atoms with Gasteiger partial charge in [0.15, 0.2) is 0 Å². The molecule has 0 spiro atoms. The zero-order valence-electron chi connectivity index (χ0n) is 22.2. The molecular weight excluding hydrogens is 460 g/mol. The van der Waals surface area contributed by atoms with Crippen LogP contribution in [0.3, 0.4) is 0 Å². The highest BCUT2D eigenvalue weighted by Gasteiger charge is 2.32. The molecule has 0 unspecified atom stereocenters. The second-order valence-electron chi connectivity index (χ2n) is 12.2. The van der Waals surface area contributed by atoms with Gasteiger partial charge in [-0.15, -0.1) is 0 Å². The van der Waals surface area contributed by atoms with Crippen LogP contribution in [0.25, 0.3) is 0 Å². The predicted molar refractivity (Wildman–Crippen MR) is 141 cm³/mol. The van der Waals surface area contributed by atoms with Crippen LogP contribution in [-0.4, -0.2) is 6.18 Å². The highest BCUT2D eigenvalue weighted by atomic mass is 19.4. The van der Waals surface area contributed by atoms with Gasteiger partial charge in [-0.2, -0.15) is 13.2 Å². The van der Waals surface area contributed by atoms with Crippen LogP contribution in [0.1, 0.15) is 133 Å². The summed E-state index contributed by atoms with van der Waals surface area (Å²) in [5.74, 6) is 2.31. The van der Waals surface area contributed by atoms with Gasteiger partial charge in [-0.25, -0.2) is 4.39 Å². The number of allylic oxidation sites excluding steroid dienone is 2. The van der Waals surface area contributed by atoms with Crippen LogP contribution >= 0.6 is 0 Å².